The molecule has 2 aliphatic rings. The average Bonchev–Trinajstić information content (AvgIpc) is 3.31. The number of aliphatic imine (C=N–C) groups is 1. The zero-order chi connectivity index (χ0) is 20.6. The number of rotatable bonds is 6. The number of nitrogens with zero attached hydrogens (tertiary/aromatic N) is 6. The predicted molar refractivity (Wildman–Crippen MR) is 137 cm³/mol. The molecule has 0 aliphatic carbocycles. The molecule has 31 heavy (non-hydrogen) atoms. The first kappa shape index (κ1) is 23.7. The molecule has 4 rings (SSSR count). The minimum Gasteiger partial charge on any atom is -0.356 e. The van der Waals surface area contributed by atoms with Gasteiger partial charge in [-0.2, -0.15) is 0 Å². The minimum atomic E-state index is 0. The van der Waals surface area contributed by atoms with Crippen molar-refractivity contribution in [1.82, 2.24) is 25.1 Å². The van der Waals surface area contributed by atoms with Crippen LogP contribution in [0.25, 0.3) is 0 Å². The van der Waals surface area contributed by atoms with Gasteiger partial charge in [0.05, 0.1) is 0 Å². The third-order valence-corrected chi connectivity index (χ3v) is 6.11. The number of halogens is 1. The monoisotopic (exact) mass is 535 g/mol. The van der Waals surface area contributed by atoms with E-state index in [1.54, 1.807) is 0 Å². The lowest BCUT2D eigenvalue weighted by Gasteiger charge is -2.34. The van der Waals surface area contributed by atoms with Gasteiger partial charge in [-0.15, -0.1) is 24.0 Å². The first-order valence-corrected chi connectivity index (χ1v) is 11.1. The van der Waals surface area contributed by atoms with Crippen molar-refractivity contribution in [3.05, 3.63) is 54.4 Å². The molecule has 0 radical (unpaired) electrons. The summed E-state index contributed by atoms with van der Waals surface area (Å²) in [7, 11) is 1.89. The normalized spacial score (nSPS) is 19.9. The molecule has 168 valence electrons. The fraction of sp³-hybridized carbons (Fsp3) is 0.522. The number of hydrogen-bond acceptors (Lipinski definition) is 5. The largest absolute Gasteiger partial charge is 0.356 e. The molecule has 1 unspecified atom stereocenters. The molecule has 2 saturated heterocycles. The van der Waals surface area contributed by atoms with Gasteiger partial charge >= 0.3 is 0 Å². The number of nitrogens with one attached hydrogen (secondary N) is 1. The highest BCUT2D eigenvalue weighted by Gasteiger charge is 2.25. The Morgan fingerprint density at radius 2 is 1.77 bits per heavy atom. The zero-order valence-corrected chi connectivity index (χ0v) is 20.7. The van der Waals surface area contributed by atoms with Gasteiger partial charge < -0.3 is 15.1 Å². The summed E-state index contributed by atoms with van der Waals surface area (Å²) < 4.78 is 0. The molecule has 1 aromatic carbocycles. The van der Waals surface area contributed by atoms with Gasteiger partial charge in [-0.1, -0.05) is 30.3 Å². The van der Waals surface area contributed by atoms with E-state index in [2.05, 4.69) is 65.3 Å². The quantitative estimate of drug-likeness (QED) is 0.266. The Labute approximate surface area is 203 Å². The molecule has 0 saturated carbocycles. The number of hydrogen-bond donors (Lipinski definition) is 1. The van der Waals surface area contributed by atoms with Crippen LogP contribution in [0.2, 0.25) is 0 Å². The van der Waals surface area contributed by atoms with Crippen molar-refractivity contribution in [2.24, 2.45) is 4.99 Å². The Kier molecular flexibility index (Phi) is 9.32. The summed E-state index contributed by atoms with van der Waals surface area (Å²) in [6, 6.07) is 12.7. The first-order valence-electron chi connectivity index (χ1n) is 11.1. The highest BCUT2D eigenvalue weighted by molar-refractivity contribution is 14.0. The van der Waals surface area contributed by atoms with Crippen molar-refractivity contribution < 1.29 is 0 Å². The lowest BCUT2D eigenvalue weighted by molar-refractivity contribution is 0.254. The van der Waals surface area contributed by atoms with Crippen molar-refractivity contribution in [2.45, 2.75) is 18.8 Å². The van der Waals surface area contributed by atoms with Gasteiger partial charge in [0.15, 0.2) is 5.96 Å². The molecule has 1 aromatic heterocycles. The number of likely N-dealkylation sites (tertiary alicyclic amines) is 1. The zero-order valence-electron chi connectivity index (χ0n) is 18.4. The lowest BCUT2D eigenvalue weighted by Crippen LogP contribution is -2.47. The summed E-state index contributed by atoms with van der Waals surface area (Å²) in [6.07, 6.45) is 5.95. The Balaban J connectivity index is 0.00000272. The van der Waals surface area contributed by atoms with E-state index in [4.69, 9.17) is 0 Å². The van der Waals surface area contributed by atoms with Crippen LogP contribution in [0.15, 0.2) is 53.8 Å². The van der Waals surface area contributed by atoms with E-state index < -0.39 is 0 Å². The predicted octanol–water partition coefficient (Wildman–Crippen LogP) is 2.67. The van der Waals surface area contributed by atoms with Gasteiger partial charge in [0.1, 0.15) is 0 Å². The van der Waals surface area contributed by atoms with Gasteiger partial charge in [-0.3, -0.25) is 9.89 Å². The maximum atomic E-state index is 4.52. The van der Waals surface area contributed by atoms with Crippen molar-refractivity contribution in [1.29, 1.82) is 0 Å². The second-order valence-corrected chi connectivity index (χ2v) is 8.05. The third kappa shape index (κ3) is 6.52. The second kappa shape index (κ2) is 12.2. The molecule has 2 aromatic rings. The van der Waals surface area contributed by atoms with E-state index in [1.165, 1.54) is 12.0 Å². The topological polar surface area (TPSA) is 59.9 Å². The van der Waals surface area contributed by atoms with Crippen LogP contribution in [0.5, 0.6) is 0 Å². The number of benzene rings is 1. The minimum absolute atomic E-state index is 0. The van der Waals surface area contributed by atoms with Gasteiger partial charge in [0.2, 0.25) is 5.95 Å². The fourth-order valence-electron chi connectivity index (χ4n) is 4.41. The first-order chi connectivity index (χ1) is 14.8. The van der Waals surface area contributed by atoms with Crippen molar-refractivity contribution >= 4 is 35.9 Å². The summed E-state index contributed by atoms with van der Waals surface area (Å²) >= 11 is 0. The molecule has 1 atom stereocenters. The Morgan fingerprint density at radius 1 is 1.03 bits per heavy atom. The fourth-order valence-corrected chi connectivity index (χ4v) is 4.41. The van der Waals surface area contributed by atoms with Crippen LogP contribution in [0.3, 0.4) is 0 Å². The molecule has 0 amide bonds. The summed E-state index contributed by atoms with van der Waals surface area (Å²) in [5, 5.41) is 3.58. The third-order valence-electron chi connectivity index (χ3n) is 6.11. The molecule has 8 heteroatoms. The molecular weight excluding hydrogens is 501 g/mol. The van der Waals surface area contributed by atoms with Crippen molar-refractivity contribution in [2.75, 3.05) is 64.3 Å². The average molecular weight is 535 g/mol. The van der Waals surface area contributed by atoms with Crippen LogP contribution in [-0.2, 0) is 0 Å². The van der Waals surface area contributed by atoms with Crippen LogP contribution >= 0.6 is 24.0 Å². The second-order valence-electron chi connectivity index (χ2n) is 8.05. The molecule has 7 nitrogen and oxygen atoms in total. The van der Waals surface area contributed by atoms with Crippen LogP contribution in [0, 0.1) is 0 Å². The maximum absolute atomic E-state index is 4.52. The Hall–Kier alpha value is -1.94. The van der Waals surface area contributed by atoms with E-state index in [1.807, 2.05) is 25.5 Å². The van der Waals surface area contributed by atoms with E-state index in [9.17, 15) is 0 Å². The molecule has 3 heterocycles. The lowest BCUT2D eigenvalue weighted by atomic mass is 9.99. The molecular formula is C23H34IN7. The number of piperazine rings is 1. The standard InChI is InChI=1S/C23H33N7.HI/c1-24-22(30-14-9-21(19-30)20-7-3-2-4-8-20)25-12-6-13-28-15-17-29(18-16-28)23-26-10-5-11-27-23;/h2-5,7-8,10-11,21H,6,9,12-19H2,1H3,(H,24,25);1H. The van der Waals surface area contributed by atoms with Gasteiger partial charge in [-0.25, -0.2) is 9.97 Å². The smallest absolute Gasteiger partial charge is 0.225 e. The Bertz CT molecular complexity index is 794. The number of anilines is 1. The van der Waals surface area contributed by atoms with Gasteiger partial charge in [0, 0.05) is 71.2 Å². The number of aromatic nitrogens is 2. The van der Waals surface area contributed by atoms with Gasteiger partial charge in [-0.05, 0) is 31.0 Å². The van der Waals surface area contributed by atoms with Crippen molar-refractivity contribution in [3.8, 4) is 0 Å². The molecule has 1 N–H and O–H groups in total. The van der Waals surface area contributed by atoms with Crippen LogP contribution in [0.4, 0.5) is 5.95 Å². The molecule has 0 bridgehead atoms. The summed E-state index contributed by atoms with van der Waals surface area (Å²) in [6.45, 7) is 8.31. The summed E-state index contributed by atoms with van der Waals surface area (Å²) in [5.74, 6) is 2.50. The molecule has 2 aliphatic heterocycles. The Morgan fingerprint density at radius 3 is 2.48 bits per heavy atom. The van der Waals surface area contributed by atoms with E-state index in [0.717, 1.165) is 70.7 Å². The maximum Gasteiger partial charge on any atom is 0.225 e. The van der Waals surface area contributed by atoms with Crippen LogP contribution in [-0.4, -0.2) is 85.1 Å². The highest BCUT2D eigenvalue weighted by Crippen LogP contribution is 2.26. The van der Waals surface area contributed by atoms with E-state index in [0.29, 0.717) is 5.92 Å². The molecule has 2 fully saturated rings. The van der Waals surface area contributed by atoms with E-state index in [-0.39, 0.29) is 24.0 Å². The molecule has 0 spiro atoms. The summed E-state index contributed by atoms with van der Waals surface area (Å²) in [4.78, 5) is 20.5. The van der Waals surface area contributed by atoms with Gasteiger partial charge in [0.25, 0.3) is 0 Å². The summed E-state index contributed by atoms with van der Waals surface area (Å²) in [5.41, 5.74) is 1.44. The number of guanidine groups is 1. The van der Waals surface area contributed by atoms with Crippen LogP contribution in [0.1, 0.15) is 24.3 Å². The van der Waals surface area contributed by atoms with Crippen molar-refractivity contribution in [3.63, 3.8) is 0 Å². The van der Waals surface area contributed by atoms with E-state index >= 15 is 0 Å². The SMILES string of the molecule is CN=C(NCCCN1CCN(c2ncccn2)CC1)N1CCC(c2ccccc2)C1.I. The van der Waals surface area contributed by atoms with Crippen LogP contribution < -0.4 is 10.2 Å². The highest BCUT2D eigenvalue weighted by atomic mass is 127.